The zero-order valence-electron chi connectivity index (χ0n) is 4.61. The number of aromatic amines is 1. The molecule has 0 saturated carbocycles. The van der Waals surface area contributed by atoms with E-state index in [-0.39, 0.29) is 0 Å². The molecule has 0 atom stereocenters. The highest BCUT2D eigenvalue weighted by atomic mass is 35.5. The Hall–Kier alpha value is -0.500. The highest BCUT2D eigenvalue weighted by Crippen LogP contribution is 1.96. The Morgan fingerprint density at radius 3 is 2.88 bits per heavy atom. The molecule has 1 heterocycles. The normalized spacial score (nSPS) is 9.75. The van der Waals surface area contributed by atoms with Gasteiger partial charge in [0.25, 0.3) is 0 Å². The Morgan fingerprint density at radius 1 is 1.88 bits per heavy atom. The molecule has 0 aliphatic rings. The number of nitrogens with one attached hydrogen (secondary N) is 1. The van der Waals surface area contributed by atoms with Crippen LogP contribution in [-0.4, -0.2) is 9.97 Å². The van der Waals surface area contributed by atoms with Crippen molar-refractivity contribution in [2.24, 2.45) is 0 Å². The summed E-state index contributed by atoms with van der Waals surface area (Å²) >= 11 is 5.45. The molecule has 0 aliphatic heterocycles. The van der Waals surface area contributed by atoms with Crippen LogP contribution in [0.2, 0.25) is 0 Å². The maximum absolute atomic E-state index is 5.45. The molecule has 0 radical (unpaired) electrons. The van der Waals surface area contributed by atoms with Crippen LogP contribution < -0.4 is 0 Å². The van der Waals surface area contributed by atoms with Gasteiger partial charge in [0.1, 0.15) is 5.82 Å². The van der Waals surface area contributed by atoms with E-state index in [0.29, 0.717) is 5.88 Å². The lowest BCUT2D eigenvalue weighted by Gasteiger charge is -1.78. The minimum absolute atomic E-state index is 0.466. The topological polar surface area (TPSA) is 28.7 Å². The molecule has 0 spiro atoms. The lowest BCUT2D eigenvalue weighted by atomic mass is 10.6. The predicted molar refractivity (Wildman–Crippen MR) is 32.9 cm³/mol. The van der Waals surface area contributed by atoms with Gasteiger partial charge >= 0.3 is 0 Å². The number of imidazole rings is 1. The summed E-state index contributed by atoms with van der Waals surface area (Å²) in [6.45, 7) is 1.92. The minimum atomic E-state index is 0.466. The van der Waals surface area contributed by atoms with Crippen molar-refractivity contribution >= 4 is 11.6 Å². The molecule has 0 amide bonds. The van der Waals surface area contributed by atoms with Gasteiger partial charge in [-0.3, -0.25) is 0 Å². The molecule has 8 heavy (non-hydrogen) atoms. The lowest BCUT2D eigenvalue weighted by Crippen LogP contribution is -1.77. The Morgan fingerprint density at radius 2 is 2.62 bits per heavy atom. The summed E-state index contributed by atoms with van der Waals surface area (Å²) in [6.07, 6.45) is 1.83. The zero-order valence-corrected chi connectivity index (χ0v) is 5.37. The number of alkyl halides is 1. The molecular formula is C5H7ClN2. The number of halogens is 1. The Labute approximate surface area is 52.9 Å². The highest BCUT2D eigenvalue weighted by molar-refractivity contribution is 6.16. The third-order valence-corrected chi connectivity index (χ3v) is 1.14. The first kappa shape index (κ1) is 5.63. The summed E-state index contributed by atoms with van der Waals surface area (Å²) in [4.78, 5) is 6.95. The van der Waals surface area contributed by atoms with Gasteiger partial charge in [-0.2, -0.15) is 0 Å². The third kappa shape index (κ3) is 1.01. The highest BCUT2D eigenvalue weighted by Gasteiger charge is 1.91. The fourth-order valence-electron chi connectivity index (χ4n) is 0.534. The maximum atomic E-state index is 5.45. The zero-order chi connectivity index (χ0) is 5.98. The minimum Gasteiger partial charge on any atom is -0.347 e. The maximum Gasteiger partial charge on any atom is 0.121 e. The van der Waals surface area contributed by atoms with Gasteiger partial charge < -0.3 is 4.98 Å². The fraction of sp³-hybridized carbons (Fsp3) is 0.400. The molecule has 0 bridgehead atoms. The van der Waals surface area contributed by atoms with Gasteiger partial charge in [0, 0.05) is 6.20 Å². The van der Waals surface area contributed by atoms with Crippen LogP contribution >= 0.6 is 11.6 Å². The summed E-state index contributed by atoms with van der Waals surface area (Å²) in [7, 11) is 0. The second-order valence-corrected chi connectivity index (χ2v) is 1.89. The van der Waals surface area contributed by atoms with Gasteiger partial charge in [-0.15, -0.1) is 11.6 Å². The van der Waals surface area contributed by atoms with Crippen LogP contribution in [0.1, 0.15) is 11.5 Å². The van der Waals surface area contributed by atoms with Gasteiger partial charge in [0.15, 0.2) is 0 Å². The quantitative estimate of drug-likeness (QED) is 0.573. The first-order valence-corrected chi connectivity index (χ1v) is 2.93. The van der Waals surface area contributed by atoms with Crippen molar-refractivity contribution in [2.75, 3.05) is 0 Å². The number of hydrogen-bond donors (Lipinski definition) is 1. The molecular weight excluding hydrogens is 124 g/mol. The van der Waals surface area contributed by atoms with E-state index in [0.717, 1.165) is 11.5 Å². The van der Waals surface area contributed by atoms with Crippen LogP contribution in [0.25, 0.3) is 0 Å². The lowest BCUT2D eigenvalue weighted by molar-refractivity contribution is 1.10. The monoisotopic (exact) mass is 130 g/mol. The van der Waals surface area contributed by atoms with Crippen LogP contribution in [0.3, 0.4) is 0 Å². The second kappa shape index (κ2) is 2.18. The molecule has 0 unspecified atom stereocenters. The van der Waals surface area contributed by atoms with Crippen molar-refractivity contribution in [3.05, 3.63) is 17.7 Å². The van der Waals surface area contributed by atoms with Crippen LogP contribution in [0.4, 0.5) is 0 Å². The largest absolute Gasteiger partial charge is 0.347 e. The van der Waals surface area contributed by atoms with Gasteiger partial charge in [-0.25, -0.2) is 4.98 Å². The summed E-state index contributed by atoms with van der Waals surface area (Å²) in [5.41, 5.74) is 0.987. The SMILES string of the molecule is Cc1c[nH]c(CCl)n1. The summed E-state index contributed by atoms with van der Waals surface area (Å²) < 4.78 is 0. The molecule has 1 aromatic rings. The van der Waals surface area contributed by atoms with Crippen LogP contribution in [-0.2, 0) is 5.88 Å². The summed E-state index contributed by atoms with van der Waals surface area (Å²) in [6, 6.07) is 0. The smallest absolute Gasteiger partial charge is 0.121 e. The second-order valence-electron chi connectivity index (χ2n) is 1.62. The molecule has 1 rings (SSSR count). The number of rotatable bonds is 1. The number of nitrogens with zero attached hydrogens (tertiary/aromatic N) is 1. The molecule has 0 fully saturated rings. The number of aryl methyl sites for hydroxylation is 1. The molecule has 44 valence electrons. The van der Waals surface area contributed by atoms with Crippen molar-refractivity contribution in [3.8, 4) is 0 Å². The van der Waals surface area contributed by atoms with E-state index in [1.807, 2.05) is 13.1 Å². The Kier molecular flexibility index (Phi) is 1.53. The molecule has 3 heteroatoms. The van der Waals surface area contributed by atoms with Crippen molar-refractivity contribution in [1.29, 1.82) is 0 Å². The average Bonchev–Trinajstić information content (AvgIpc) is 2.14. The molecule has 1 aromatic heterocycles. The fourth-order valence-corrected chi connectivity index (χ4v) is 0.671. The van der Waals surface area contributed by atoms with E-state index in [1.165, 1.54) is 0 Å². The van der Waals surface area contributed by atoms with E-state index in [4.69, 9.17) is 11.6 Å². The first-order chi connectivity index (χ1) is 3.83. The Balaban J connectivity index is 2.84. The first-order valence-electron chi connectivity index (χ1n) is 2.40. The van der Waals surface area contributed by atoms with Crippen molar-refractivity contribution in [1.82, 2.24) is 9.97 Å². The predicted octanol–water partition coefficient (Wildman–Crippen LogP) is 1.46. The van der Waals surface area contributed by atoms with Gasteiger partial charge in [0.05, 0.1) is 11.6 Å². The van der Waals surface area contributed by atoms with Crippen molar-refractivity contribution in [3.63, 3.8) is 0 Å². The summed E-state index contributed by atoms with van der Waals surface area (Å²) in [5, 5.41) is 0. The van der Waals surface area contributed by atoms with Crippen molar-refractivity contribution in [2.45, 2.75) is 12.8 Å². The van der Waals surface area contributed by atoms with Gasteiger partial charge in [-0.1, -0.05) is 0 Å². The van der Waals surface area contributed by atoms with Crippen LogP contribution in [0.15, 0.2) is 6.20 Å². The van der Waals surface area contributed by atoms with Gasteiger partial charge in [0.2, 0.25) is 0 Å². The van der Waals surface area contributed by atoms with Gasteiger partial charge in [-0.05, 0) is 6.92 Å². The summed E-state index contributed by atoms with van der Waals surface area (Å²) in [5.74, 6) is 1.30. The van der Waals surface area contributed by atoms with E-state index in [9.17, 15) is 0 Å². The van der Waals surface area contributed by atoms with Crippen LogP contribution in [0, 0.1) is 6.92 Å². The molecule has 0 aliphatic carbocycles. The number of aromatic nitrogens is 2. The number of hydrogen-bond acceptors (Lipinski definition) is 1. The Bertz CT molecular complexity index is 171. The van der Waals surface area contributed by atoms with E-state index in [2.05, 4.69) is 9.97 Å². The van der Waals surface area contributed by atoms with Crippen molar-refractivity contribution < 1.29 is 0 Å². The standard InChI is InChI=1S/C5H7ClN2/c1-4-3-7-5(2-6)8-4/h3H,2H2,1H3,(H,7,8). The van der Waals surface area contributed by atoms with E-state index < -0.39 is 0 Å². The van der Waals surface area contributed by atoms with Crippen LogP contribution in [0.5, 0.6) is 0 Å². The molecule has 0 saturated heterocycles. The van der Waals surface area contributed by atoms with E-state index in [1.54, 1.807) is 0 Å². The molecule has 2 nitrogen and oxygen atoms in total. The van der Waals surface area contributed by atoms with E-state index >= 15 is 0 Å². The third-order valence-electron chi connectivity index (χ3n) is 0.886. The number of H-pyrrole nitrogens is 1. The molecule has 1 N–H and O–H groups in total. The average molecular weight is 131 g/mol. The molecule has 0 aromatic carbocycles.